The number of pyridine rings is 1. The van der Waals surface area contributed by atoms with E-state index >= 15 is 0 Å². The van der Waals surface area contributed by atoms with Crippen molar-refractivity contribution < 1.29 is 21.1 Å². The standard InChI is InChI=1S/C62H52N5.Pt/c1-61(2,3)45-38-48(64-42-65(58-30-18-17-29-57(58)64)56-28-16-14-26-54(56)62(4,5)6)40-49(39-45)66(46-23-11-8-12-24-46)47-33-35-52-50-34-32-44(43-21-9-7-10-22-43)37-53(50)51-25-13-15-27-55(51)67(59(52)41-47)60-31-19-20-36-63-60;/h7-39,42H,1-6H3;/q-3;. The van der Waals surface area contributed by atoms with Gasteiger partial charge in [-0.2, -0.15) is 6.07 Å². The van der Waals surface area contributed by atoms with Crippen molar-refractivity contribution in [1.82, 2.24) is 4.98 Å². The van der Waals surface area contributed by atoms with Crippen molar-refractivity contribution in [1.29, 1.82) is 0 Å². The maximum absolute atomic E-state index is 4.99. The fraction of sp³-hybridized carbons (Fsp3) is 0.129. The molecular weight excluding hydrogens is 1010 g/mol. The van der Waals surface area contributed by atoms with Crippen LogP contribution in [0.4, 0.5) is 57.0 Å². The van der Waals surface area contributed by atoms with E-state index in [-0.39, 0.29) is 31.9 Å². The number of rotatable bonds is 7. The number of nitrogens with zero attached hydrogens (tertiary/aromatic N) is 5. The Morgan fingerprint density at radius 3 is 1.81 bits per heavy atom. The fourth-order valence-electron chi connectivity index (χ4n) is 9.57. The Morgan fingerprint density at radius 1 is 0.471 bits per heavy atom. The van der Waals surface area contributed by atoms with Gasteiger partial charge < -0.3 is 19.6 Å². The molecule has 0 saturated heterocycles. The van der Waals surface area contributed by atoms with E-state index in [0.717, 1.165) is 73.6 Å². The molecule has 11 rings (SSSR count). The Kier molecular flexibility index (Phi) is 11.7. The molecule has 1 aromatic heterocycles. The predicted molar refractivity (Wildman–Crippen MR) is 280 cm³/mol. The van der Waals surface area contributed by atoms with Crippen LogP contribution in [0.5, 0.6) is 0 Å². The van der Waals surface area contributed by atoms with E-state index in [1.807, 2.05) is 12.3 Å². The molecule has 0 amide bonds. The van der Waals surface area contributed by atoms with Crippen molar-refractivity contribution in [3.05, 3.63) is 230 Å². The second kappa shape index (κ2) is 17.8. The van der Waals surface area contributed by atoms with Crippen molar-refractivity contribution in [3.8, 4) is 33.4 Å². The van der Waals surface area contributed by atoms with Gasteiger partial charge in [0.05, 0.1) is 5.69 Å². The number of aromatic nitrogens is 1. The SMILES string of the molecule is CC(C)(C)c1cc(N2[CH-]N(c3ccccc3C(C)(C)C)c3ccccc32)[c-]c(N(c2[c-]c3c(cc2)-c2ccc(-c4ccccc4)cc2-c2ccccc2N3c2ccccn2)c2ccccc2)c1.[Pt]. The van der Waals surface area contributed by atoms with Crippen LogP contribution in [0.2, 0.25) is 0 Å². The summed E-state index contributed by atoms with van der Waals surface area (Å²) in [7, 11) is 0. The van der Waals surface area contributed by atoms with E-state index in [4.69, 9.17) is 4.98 Å². The summed E-state index contributed by atoms with van der Waals surface area (Å²) in [5.74, 6) is 0.816. The van der Waals surface area contributed by atoms with Crippen LogP contribution in [-0.4, -0.2) is 4.98 Å². The number of anilines is 10. The van der Waals surface area contributed by atoms with Gasteiger partial charge in [-0.3, -0.25) is 0 Å². The van der Waals surface area contributed by atoms with Gasteiger partial charge in [0.25, 0.3) is 0 Å². The monoisotopic (exact) mass is 1060 g/mol. The quantitative estimate of drug-likeness (QED) is 0.148. The molecule has 0 atom stereocenters. The first kappa shape index (κ1) is 44.6. The number of hydrogen-bond acceptors (Lipinski definition) is 5. The van der Waals surface area contributed by atoms with Crippen LogP contribution in [0, 0.1) is 18.8 Å². The van der Waals surface area contributed by atoms with Crippen LogP contribution in [0.15, 0.2) is 200 Å². The van der Waals surface area contributed by atoms with Gasteiger partial charge in [0, 0.05) is 55.6 Å². The third-order valence-electron chi connectivity index (χ3n) is 12.9. The van der Waals surface area contributed by atoms with Crippen molar-refractivity contribution in [2.45, 2.75) is 52.4 Å². The number of hydrogen-bond donors (Lipinski definition) is 0. The molecule has 8 aromatic carbocycles. The molecule has 0 aliphatic carbocycles. The molecule has 2 aliphatic rings. The average Bonchev–Trinajstić information content (AvgIpc) is 3.69. The molecule has 2 aliphatic heterocycles. The van der Waals surface area contributed by atoms with Crippen LogP contribution < -0.4 is 19.6 Å². The minimum Gasteiger partial charge on any atom is -0.493 e. The largest absolute Gasteiger partial charge is 0.493 e. The van der Waals surface area contributed by atoms with Crippen molar-refractivity contribution in [2.75, 3.05) is 19.6 Å². The average molecular weight is 1060 g/mol. The van der Waals surface area contributed by atoms with Gasteiger partial charge in [-0.1, -0.05) is 179 Å². The summed E-state index contributed by atoms with van der Waals surface area (Å²) < 4.78 is 0. The molecule has 68 heavy (non-hydrogen) atoms. The fourth-order valence-corrected chi connectivity index (χ4v) is 9.57. The van der Waals surface area contributed by atoms with Gasteiger partial charge in [-0.05, 0) is 87.7 Å². The third kappa shape index (κ3) is 8.09. The molecule has 3 heterocycles. The molecule has 6 heteroatoms. The number of para-hydroxylation sites is 5. The van der Waals surface area contributed by atoms with Gasteiger partial charge >= 0.3 is 0 Å². The minimum atomic E-state index is -0.183. The first-order chi connectivity index (χ1) is 32.5. The number of benzene rings is 8. The second-order valence-electron chi connectivity index (χ2n) is 19.4. The van der Waals surface area contributed by atoms with Crippen LogP contribution in [0.25, 0.3) is 33.4 Å². The summed E-state index contributed by atoms with van der Waals surface area (Å²) >= 11 is 0. The molecule has 0 fully saturated rings. The molecule has 0 N–H and O–H groups in total. The maximum Gasteiger partial charge on any atom is 0.135 e. The second-order valence-corrected chi connectivity index (χ2v) is 19.4. The summed E-state index contributed by atoms with van der Waals surface area (Å²) in [5, 5.41) is 0. The molecule has 0 bridgehead atoms. The molecule has 5 nitrogen and oxygen atoms in total. The Morgan fingerprint density at radius 2 is 1.10 bits per heavy atom. The first-order valence-corrected chi connectivity index (χ1v) is 23.1. The van der Waals surface area contributed by atoms with Crippen LogP contribution >= 0.6 is 0 Å². The van der Waals surface area contributed by atoms with Crippen molar-refractivity contribution in [3.63, 3.8) is 0 Å². The van der Waals surface area contributed by atoms with E-state index in [1.54, 1.807) is 0 Å². The van der Waals surface area contributed by atoms with Gasteiger partial charge in [-0.15, -0.1) is 53.8 Å². The van der Waals surface area contributed by atoms with Gasteiger partial charge in [-0.25, -0.2) is 4.98 Å². The van der Waals surface area contributed by atoms with E-state index in [9.17, 15) is 0 Å². The predicted octanol–water partition coefficient (Wildman–Crippen LogP) is 16.9. The van der Waals surface area contributed by atoms with Crippen LogP contribution in [0.1, 0.15) is 52.7 Å². The van der Waals surface area contributed by atoms with E-state index in [2.05, 4.69) is 268 Å². The molecule has 0 saturated carbocycles. The van der Waals surface area contributed by atoms with Crippen molar-refractivity contribution >= 4 is 57.0 Å². The summed E-state index contributed by atoms with van der Waals surface area (Å²) in [6.45, 7) is 15.9. The van der Waals surface area contributed by atoms with E-state index in [1.165, 1.54) is 27.9 Å². The summed E-state index contributed by atoms with van der Waals surface area (Å²) in [6.07, 6.45) is 1.87. The van der Waals surface area contributed by atoms with E-state index in [0.29, 0.717) is 0 Å². The topological polar surface area (TPSA) is 25.9 Å². The molecule has 0 radical (unpaired) electrons. The van der Waals surface area contributed by atoms with E-state index < -0.39 is 0 Å². The molecule has 9 aromatic rings. The summed E-state index contributed by atoms with van der Waals surface area (Å²) in [4.78, 5) is 14.2. The smallest absolute Gasteiger partial charge is 0.135 e. The molecule has 0 unspecified atom stereocenters. The zero-order chi connectivity index (χ0) is 45.9. The number of fused-ring (bicyclic) bond motifs is 6. The Bertz CT molecular complexity index is 3260. The summed E-state index contributed by atoms with van der Waals surface area (Å²) in [5.41, 5.74) is 18.2. The van der Waals surface area contributed by atoms with Gasteiger partial charge in [0.15, 0.2) is 0 Å². The van der Waals surface area contributed by atoms with Gasteiger partial charge in [0.2, 0.25) is 0 Å². The Hall–Kier alpha value is -7.20. The molecule has 338 valence electrons. The molecular formula is C62H52N5Pt-3. The Balaban J connectivity index is 0.00000539. The zero-order valence-electron chi connectivity index (χ0n) is 39.2. The van der Waals surface area contributed by atoms with Crippen molar-refractivity contribution in [2.24, 2.45) is 0 Å². The van der Waals surface area contributed by atoms with Crippen LogP contribution in [0.3, 0.4) is 0 Å². The Labute approximate surface area is 416 Å². The zero-order valence-corrected chi connectivity index (χ0v) is 41.5. The third-order valence-corrected chi connectivity index (χ3v) is 12.9. The molecule has 0 spiro atoms. The van der Waals surface area contributed by atoms with Gasteiger partial charge in [0.1, 0.15) is 5.82 Å². The first-order valence-electron chi connectivity index (χ1n) is 23.1. The van der Waals surface area contributed by atoms with Crippen LogP contribution in [-0.2, 0) is 31.9 Å². The minimum absolute atomic E-state index is 0. The summed E-state index contributed by atoms with van der Waals surface area (Å²) in [6, 6.07) is 77.5. The normalized spacial score (nSPS) is 12.9. The maximum atomic E-state index is 4.99.